The molecule has 1 heterocycles. The number of nitrogens with zero attached hydrogens (tertiary/aromatic N) is 1. The average molecular weight is 352 g/mol. The van der Waals surface area contributed by atoms with Crippen molar-refractivity contribution in [1.82, 2.24) is 0 Å². The van der Waals surface area contributed by atoms with Crippen molar-refractivity contribution in [3.8, 4) is 0 Å². The first-order valence-corrected chi connectivity index (χ1v) is 9.24. The summed E-state index contributed by atoms with van der Waals surface area (Å²) in [6.45, 7) is 4.39. The summed E-state index contributed by atoms with van der Waals surface area (Å²) in [5.41, 5.74) is 3.80. The molecule has 23 heavy (non-hydrogen) atoms. The molecule has 0 saturated heterocycles. The SMILES string of the molecule is CCCN(CCc1cccs1)c1ccc2c(c1)CCCC2O.Cl. The maximum absolute atomic E-state index is 10.1. The summed E-state index contributed by atoms with van der Waals surface area (Å²) in [4.78, 5) is 3.94. The Morgan fingerprint density at radius 2 is 2.13 bits per heavy atom. The molecule has 126 valence electrons. The van der Waals surface area contributed by atoms with Gasteiger partial charge in [0.25, 0.3) is 0 Å². The van der Waals surface area contributed by atoms with Crippen molar-refractivity contribution in [2.24, 2.45) is 0 Å². The lowest BCUT2D eigenvalue weighted by molar-refractivity contribution is 0.156. The quantitative estimate of drug-likeness (QED) is 0.791. The second-order valence-electron chi connectivity index (χ2n) is 6.11. The van der Waals surface area contributed by atoms with Crippen molar-refractivity contribution >= 4 is 29.4 Å². The van der Waals surface area contributed by atoms with Gasteiger partial charge in [-0.2, -0.15) is 0 Å². The minimum Gasteiger partial charge on any atom is -0.388 e. The molecule has 0 saturated carbocycles. The van der Waals surface area contributed by atoms with Crippen molar-refractivity contribution < 1.29 is 5.11 Å². The van der Waals surface area contributed by atoms with Gasteiger partial charge in [-0.1, -0.05) is 19.1 Å². The van der Waals surface area contributed by atoms with Gasteiger partial charge in [0.1, 0.15) is 0 Å². The van der Waals surface area contributed by atoms with Gasteiger partial charge in [-0.25, -0.2) is 0 Å². The molecule has 1 unspecified atom stereocenters. The summed E-state index contributed by atoms with van der Waals surface area (Å²) in [6.07, 6.45) is 5.11. The molecule has 1 aromatic carbocycles. The molecule has 0 bridgehead atoms. The van der Waals surface area contributed by atoms with Crippen LogP contribution in [0.2, 0.25) is 0 Å². The van der Waals surface area contributed by atoms with Gasteiger partial charge in [0, 0.05) is 23.7 Å². The van der Waals surface area contributed by atoms with Gasteiger partial charge < -0.3 is 10.0 Å². The highest BCUT2D eigenvalue weighted by molar-refractivity contribution is 7.09. The minimum atomic E-state index is -0.261. The number of thiophene rings is 1. The molecule has 0 amide bonds. The van der Waals surface area contributed by atoms with E-state index in [0.717, 1.165) is 50.8 Å². The average Bonchev–Trinajstić information content (AvgIpc) is 3.05. The summed E-state index contributed by atoms with van der Waals surface area (Å²) in [5.74, 6) is 0. The van der Waals surface area contributed by atoms with Crippen LogP contribution >= 0.6 is 23.7 Å². The first-order chi connectivity index (χ1) is 10.8. The highest BCUT2D eigenvalue weighted by Crippen LogP contribution is 2.32. The fraction of sp³-hybridized carbons (Fsp3) is 0.474. The fourth-order valence-electron chi connectivity index (χ4n) is 3.31. The lowest BCUT2D eigenvalue weighted by Gasteiger charge is -2.28. The highest BCUT2D eigenvalue weighted by Gasteiger charge is 2.19. The normalized spacial score (nSPS) is 16.5. The van der Waals surface area contributed by atoms with Crippen molar-refractivity contribution in [2.45, 2.75) is 45.1 Å². The molecular weight excluding hydrogens is 326 g/mol. The van der Waals surface area contributed by atoms with Crippen molar-refractivity contribution in [3.05, 3.63) is 51.7 Å². The van der Waals surface area contributed by atoms with Crippen LogP contribution in [0.4, 0.5) is 5.69 Å². The van der Waals surface area contributed by atoms with Gasteiger partial charge in [0.05, 0.1) is 6.10 Å². The van der Waals surface area contributed by atoms with Crippen LogP contribution in [0.1, 0.15) is 48.3 Å². The Morgan fingerprint density at radius 1 is 1.26 bits per heavy atom. The molecule has 1 aliphatic carbocycles. The van der Waals surface area contributed by atoms with Crippen molar-refractivity contribution in [1.29, 1.82) is 0 Å². The molecule has 1 aliphatic rings. The standard InChI is InChI=1S/C19H25NOS.ClH/c1-2-11-20(12-10-17-6-4-13-22-17)16-8-9-18-15(14-16)5-3-7-19(18)21;/h4,6,8-9,13-14,19,21H,2-3,5,7,10-12H2,1H3;1H. The van der Waals surface area contributed by atoms with E-state index in [4.69, 9.17) is 0 Å². The lowest BCUT2D eigenvalue weighted by atomic mass is 9.89. The summed E-state index contributed by atoms with van der Waals surface area (Å²) in [5, 5.41) is 12.3. The second-order valence-corrected chi connectivity index (χ2v) is 7.14. The smallest absolute Gasteiger partial charge is 0.0792 e. The Balaban J connectivity index is 0.00000192. The predicted molar refractivity (Wildman–Crippen MR) is 102 cm³/mol. The maximum atomic E-state index is 10.1. The number of benzene rings is 1. The zero-order valence-electron chi connectivity index (χ0n) is 13.7. The van der Waals surface area contributed by atoms with Gasteiger partial charge in [0.15, 0.2) is 0 Å². The zero-order chi connectivity index (χ0) is 15.4. The van der Waals surface area contributed by atoms with E-state index in [0.29, 0.717) is 0 Å². The number of anilines is 1. The Bertz CT molecular complexity index is 599. The number of aliphatic hydroxyl groups is 1. The number of hydrogen-bond acceptors (Lipinski definition) is 3. The van der Waals surface area contributed by atoms with Crippen molar-refractivity contribution in [2.75, 3.05) is 18.0 Å². The molecule has 0 radical (unpaired) electrons. The van der Waals surface area contributed by atoms with Crippen LogP contribution in [0, 0.1) is 0 Å². The molecule has 0 fully saturated rings. The summed E-state index contributed by atoms with van der Waals surface area (Å²) < 4.78 is 0. The number of aliphatic hydroxyl groups excluding tert-OH is 1. The largest absolute Gasteiger partial charge is 0.388 e. The van der Waals surface area contributed by atoms with Gasteiger partial charge in [-0.3, -0.25) is 0 Å². The van der Waals surface area contributed by atoms with Crippen LogP contribution in [-0.4, -0.2) is 18.2 Å². The van der Waals surface area contributed by atoms with E-state index in [-0.39, 0.29) is 18.5 Å². The fourth-order valence-corrected chi connectivity index (χ4v) is 4.01. The molecule has 1 N–H and O–H groups in total. The van der Waals surface area contributed by atoms with Crippen LogP contribution in [0.5, 0.6) is 0 Å². The van der Waals surface area contributed by atoms with Gasteiger partial charge in [-0.05, 0) is 66.8 Å². The first kappa shape index (κ1) is 18.3. The van der Waals surface area contributed by atoms with Crippen LogP contribution in [0.3, 0.4) is 0 Å². The van der Waals surface area contributed by atoms with Crippen LogP contribution < -0.4 is 4.90 Å². The molecule has 2 aromatic rings. The summed E-state index contributed by atoms with van der Waals surface area (Å²) in [7, 11) is 0. The molecule has 0 aliphatic heterocycles. The number of hydrogen-bond donors (Lipinski definition) is 1. The Kier molecular flexibility index (Phi) is 6.94. The summed E-state index contributed by atoms with van der Waals surface area (Å²) in [6, 6.07) is 11.0. The molecule has 0 spiro atoms. The first-order valence-electron chi connectivity index (χ1n) is 8.36. The van der Waals surface area contributed by atoms with E-state index in [2.05, 4.69) is 47.5 Å². The summed E-state index contributed by atoms with van der Waals surface area (Å²) >= 11 is 1.84. The van der Waals surface area contributed by atoms with Gasteiger partial charge >= 0.3 is 0 Å². The Morgan fingerprint density at radius 3 is 2.87 bits per heavy atom. The molecule has 3 rings (SSSR count). The number of fused-ring (bicyclic) bond motifs is 1. The highest BCUT2D eigenvalue weighted by atomic mass is 35.5. The van der Waals surface area contributed by atoms with Crippen LogP contribution in [0.25, 0.3) is 0 Å². The van der Waals surface area contributed by atoms with E-state index in [9.17, 15) is 5.11 Å². The zero-order valence-corrected chi connectivity index (χ0v) is 15.3. The van der Waals surface area contributed by atoms with Gasteiger partial charge in [-0.15, -0.1) is 23.7 Å². The van der Waals surface area contributed by atoms with E-state index < -0.39 is 0 Å². The van der Waals surface area contributed by atoms with E-state index in [1.807, 2.05) is 11.3 Å². The van der Waals surface area contributed by atoms with E-state index in [1.165, 1.54) is 16.1 Å². The third-order valence-electron chi connectivity index (χ3n) is 4.48. The van der Waals surface area contributed by atoms with Crippen LogP contribution in [0.15, 0.2) is 35.7 Å². The molecule has 1 atom stereocenters. The monoisotopic (exact) mass is 351 g/mol. The van der Waals surface area contributed by atoms with Crippen molar-refractivity contribution in [3.63, 3.8) is 0 Å². The van der Waals surface area contributed by atoms with E-state index >= 15 is 0 Å². The minimum absolute atomic E-state index is 0. The molecule has 4 heteroatoms. The molecule has 2 nitrogen and oxygen atoms in total. The third-order valence-corrected chi connectivity index (χ3v) is 5.41. The number of halogens is 1. The Labute approximate surface area is 149 Å². The second kappa shape index (κ2) is 8.72. The molecular formula is C19H26ClNOS. The number of aryl methyl sites for hydroxylation is 1. The Hall–Kier alpha value is -1.03. The lowest BCUT2D eigenvalue weighted by Crippen LogP contribution is -2.27. The number of rotatable bonds is 6. The van der Waals surface area contributed by atoms with Crippen LogP contribution in [-0.2, 0) is 12.8 Å². The van der Waals surface area contributed by atoms with Gasteiger partial charge in [0.2, 0.25) is 0 Å². The third kappa shape index (κ3) is 4.50. The maximum Gasteiger partial charge on any atom is 0.0792 e. The van der Waals surface area contributed by atoms with E-state index in [1.54, 1.807) is 0 Å². The predicted octanol–water partition coefficient (Wildman–Crippen LogP) is 5.00. The molecule has 1 aromatic heterocycles. The topological polar surface area (TPSA) is 23.5 Å².